The van der Waals surface area contributed by atoms with E-state index in [0.717, 1.165) is 44.5 Å². The molecule has 5 nitrogen and oxygen atoms in total. The maximum absolute atomic E-state index is 11.9. The van der Waals surface area contributed by atoms with Crippen molar-refractivity contribution in [2.24, 2.45) is 0 Å². The van der Waals surface area contributed by atoms with Crippen LogP contribution in [0.5, 0.6) is 0 Å². The number of hydrogen-bond donors (Lipinski definition) is 1. The van der Waals surface area contributed by atoms with E-state index in [1.165, 1.54) is 5.56 Å². The summed E-state index contributed by atoms with van der Waals surface area (Å²) in [4.78, 5) is 26.5. The van der Waals surface area contributed by atoms with Gasteiger partial charge in [-0.15, -0.1) is 11.8 Å². The fraction of sp³-hybridized carbons (Fsp3) is 0.467. The Morgan fingerprint density at radius 2 is 1.71 bits per heavy atom. The number of nitrogens with zero attached hydrogens (tertiary/aromatic N) is 2. The number of carbonyl (C=O) groups excluding carboxylic acids is 1. The van der Waals surface area contributed by atoms with Gasteiger partial charge in [0.2, 0.25) is 5.91 Å². The Kier molecular flexibility index (Phi) is 6.07. The van der Waals surface area contributed by atoms with Crippen molar-refractivity contribution in [1.82, 2.24) is 9.80 Å². The van der Waals surface area contributed by atoms with Gasteiger partial charge in [-0.2, -0.15) is 0 Å². The lowest BCUT2D eigenvalue weighted by atomic mass is 10.2. The van der Waals surface area contributed by atoms with Crippen LogP contribution in [0.3, 0.4) is 0 Å². The molecule has 0 aromatic heterocycles. The number of benzene rings is 1. The van der Waals surface area contributed by atoms with Crippen molar-refractivity contribution in [2.45, 2.75) is 6.54 Å². The number of carbonyl (C=O) groups is 2. The number of piperazine rings is 1. The van der Waals surface area contributed by atoms with Crippen molar-refractivity contribution in [3.8, 4) is 0 Å². The maximum Gasteiger partial charge on any atom is 0.313 e. The van der Waals surface area contributed by atoms with E-state index in [-0.39, 0.29) is 17.4 Å². The summed E-state index contributed by atoms with van der Waals surface area (Å²) in [6.45, 7) is 4.09. The first kappa shape index (κ1) is 15.9. The van der Waals surface area contributed by atoms with Crippen LogP contribution in [-0.4, -0.2) is 64.5 Å². The second-order valence-corrected chi connectivity index (χ2v) is 6.01. The highest BCUT2D eigenvalue weighted by Crippen LogP contribution is 2.10. The molecule has 1 amide bonds. The molecule has 1 fully saturated rings. The topological polar surface area (TPSA) is 60.9 Å². The first-order valence-electron chi connectivity index (χ1n) is 6.99. The second-order valence-electron chi connectivity index (χ2n) is 5.03. The summed E-state index contributed by atoms with van der Waals surface area (Å²) >= 11 is 1.16. The van der Waals surface area contributed by atoms with E-state index in [9.17, 15) is 9.59 Å². The molecule has 1 heterocycles. The zero-order valence-electron chi connectivity index (χ0n) is 11.9. The maximum atomic E-state index is 11.9. The van der Waals surface area contributed by atoms with Crippen LogP contribution in [0.15, 0.2) is 30.3 Å². The Labute approximate surface area is 128 Å². The van der Waals surface area contributed by atoms with Gasteiger partial charge in [-0.3, -0.25) is 14.5 Å². The molecule has 0 spiro atoms. The molecule has 1 aromatic carbocycles. The minimum atomic E-state index is -0.875. The number of aliphatic carboxylic acids is 1. The van der Waals surface area contributed by atoms with E-state index in [4.69, 9.17) is 5.11 Å². The summed E-state index contributed by atoms with van der Waals surface area (Å²) < 4.78 is 0. The fourth-order valence-corrected chi connectivity index (χ4v) is 2.95. The molecular formula is C15H20N2O3S. The van der Waals surface area contributed by atoms with E-state index >= 15 is 0 Å². The van der Waals surface area contributed by atoms with Crippen molar-refractivity contribution >= 4 is 23.6 Å². The van der Waals surface area contributed by atoms with Crippen LogP contribution < -0.4 is 0 Å². The summed E-state index contributed by atoms with van der Waals surface area (Å²) in [7, 11) is 0. The number of rotatable bonds is 6. The van der Waals surface area contributed by atoms with E-state index < -0.39 is 5.97 Å². The highest BCUT2D eigenvalue weighted by atomic mass is 32.2. The molecule has 0 atom stereocenters. The molecule has 0 bridgehead atoms. The third kappa shape index (κ3) is 5.40. The molecule has 1 saturated heterocycles. The lowest BCUT2D eigenvalue weighted by Crippen LogP contribution is -2.48. The molecule has 1 aliphatic rings. The number of amides is 1. The molecule has 114 valence electrons. The lowest BCUT2D eigenvalue weighted by Gasteiger charge is -2.34. The van der Waals surface area contributed by atoms with E-state index in [2.05, 4.69) is 17.0 Å². The van der Waals surface area contributed by atoms with Gasteiger partial charge in [0.05, 0.1) is 11.5 Å². The predicted molar refractivity (Wildman–Crippen MR) is 83.3 cm³/mol. The summed E-state index contributed by atoms with van der Waals surface area (Å²) in [5.41, 5.74) is 1.29. The van der Waals surface area contributed by atoms with Crippen LogP contribution in [0.25, 0.3) is 0 Å². The minimum Gasteiger partial charge on any atom is -0.481 e. The third-order valence-electron chi connectivity index (χ3n) is 3.43. The van der Waals surface area contributed by atoms with Gasteiger partial charge in [0.25, 0.3) is 0 Å². The number of carboxylic acids is 1. The minimum absolute atomic E-state index is 0.0142. The van der Waals surface area contributed by atoms with Gasteiger partial charge in [0.1, 0.15) is 0 Å². The van der Waals surface area contributed by atoms with Gasteiger partial charge in [0, 0.05) is 32.7 Å². The molecule has 1 aromatic rings. The van der Waals surface area contributed by atoms with Crippen molar-refractivity contribution < 1.29 is 14.7 Å². The van der Waals surface area contributed by atoms with Crippen LogP contribution in [0.2, 0.25) is 0 Å². The lowest BCUT2D eigenvalue weighted by molar-refractivity contribution is -0.133. The smallest absolute Gasteiger partial charge is 0.313 e. The van der Waals surface area contributed by atoms with Crippen LogP contribution in [0.4, 0.5) is 0 Å². The van der Waals surface area contributed by atoms with Gasteiger partial charge >= 0.3 is 5.97 Å². The van der Waals surface area contributed by atoms with Gasteiger partial charge < -0.3 is 10.0 Å². The molecule has 2 rings (SSSR count). The number of hydrogen-bond acceptors (Lipinski definition) is 4. The molecule has 0 radical (unpaired) electrons. The van der Waals surface area contributed by atoms with E-state index in [1.807, 2.05) is 23.1 Å². The molecule has 6 heteroatoms. The van der Waals surface area contributed by atoms with E-state index in [0.29, 0.717) is 0 Å². The monoisotopic (exact) mass is 308 g/mol. The Bertz CT molecular complexity index is 473. The SMILES string of the molecule is O=C(O)CSCC(=O)N1CCN(Cc2ccccc2)CC1. The predicted octanol–water partition coefficient (Wildman–Crippen LogP) is 1.15. The highest BCUT2D eigenvalue weighted by Gasteiger charge is 2.21. The molecule has 0 saturated carbocycles. The average Bonchev–Trinajstić information content (AvgIpc) is 2.48. The standard InChI is InChI=1S/C15H20N2O3S/c18-14(11-21-12-15(19)20)17-8-6-16(7-9-17)10-13-4-2-1-3-5-13/h1-5H,6-12H2,(H,19,20). The highest BCUT2D eigenvalue weighted by molar-refractivity contribution is 8.00. The first-order valence-corrected chi connectivity index (χ1v) is 8.14. The summed E-state index contributed by atoms with van der Waals surface area (Å²) in [6.07, 6.45) is 0. The van der Waals surface area contributed by atoms with Gasteiger partial charge in [-0.25, -0.2) is 0 Å². The normalized spacial score (nSPS) is 15.9. The Morgan fingerprint density at radius 1 is 1.05 bits per heavy atom. The largest absolute Gasteiger partial charge is 0.481 e. The second kappa shape index (κ2) is 8.05. The summed E-state index contributed by atoms with van der Waals surface area (Å²) in [5.74, 6) is -0.592. The molecule has 1 N–H and O–H groups in total. The summed E-state index contributed by atoms with van der Waals surface area (Å²) in [5, 5.41) is 8.56. The quantitative estimate of drug-likeness (QED) is 0.854. The van der Waals surface area contributed by atoms with Gasteiger partial charge in [0.15, 0.2) is 0 Å². The van der Waals surface area contributed by atoms with Crippen molar-refractivity contribution in [3.05, 3.63) is 35.9 Å². The first-order chi connectivity index (χ1) is 10.1. The van der Waals surface area contributed by atoms with Crippen molar-refractivity contribution in [1.29, 1.82) is 0 Å². The molecular weight excluding hydrogens is 288 g/mol. The Morgan fingerprint density at radius 3 is 2.33 bits per heavy atom. The number of thioether (sulfide) groups is 1. The van der Waals surface area contributed by atoms with E-state index in [1.54, 1.807) is 0 Å². The Hall–Kier alpha value is -1.53. The average molecular weight is 308 g/mol. The molecule has 1 aliphatic heterocycles. The zero-order chi connectivity index (χ0) is 15.1. The Balaban J connectivity index is 1.70. The molecule has 0 aliphatic carbocycles. The fourth-order valence-electron chi connectivity index (χ4n) is 2.31. The van der Waals surface area contributed by atoms with Gasteiger partial charge in [-0.1, -0.05) is 30.3 Å². The van der Waals surface area contributed by atoms with Crippen LogP contribution >= 0.6 is 11.8 Å². The van der Waals surface area contributed by atoms with Crippen LogP contribution in [0, 0.1) is 0 Å². The summed E-state index contributed by atoms with van der Waals surface area (Å²) in [6, 6.07) is 10.3. The van der Waals surface area contributed by atoms with Crippen molar-refractivity contribution in [3.63, 3.8) is 0 Å². The van der Waals surface area contributed by atoms with Gasteiger partial charge in [-0.05, 0) is 5.56 Å². The molecule has 21 heavy (non-hydrogen) atoms. The van der Waals surface area contributed by atoms with Crippen LogP contribution in [-0.2, 0) is 16.1 Å². The third-order valence-corrected chi connectivity index (χ3v) is 4.33. The zero-order valence-corrected chi connectivity index (χ0v) is 12.7. The number of carboxylic acid groups (broad SMARTS) is 1. The molecule has 0 unspecified atom stereocenters. The van der Waals surface area contributed by atoms with Crippen molar-refractivity contribution in [2.75, 3.05) is 37.7 Å². The van der Waals surface area contributed by atoms with Crippen LogP contribution in [0.1, 0.15) is 5.56 Å².